The second-order valence-corrected chi connectivity index (χ2v) is 10.5. The zero-order valence-corrected chi connectivity index (χ0v) is 24.6. The van der Waals surface area contributed by atoms with Crippen LogP contribution in [0.1, 0.15) is 34.6 Å². The van der Waals surface area contributed by atoms with Crippen LogP contribution in [0.25, 0.3) is 11.1 Å². The molecule has 46 heavy (non-hydrogen) atoms. The number of hydrogen-bond acceptors (Lipinski definition) is 8. The molecule has 4 aromatic carbocycles. The van der Waals surface area contributed by atoms with Crippen LogP contribution >= 0.6 is 0 Å². The second kappa shape index (κ2) is 11.9. The number of ether oxygens (including phenoxy) is 2. The van der Waals surface area contributed by atoms with Gasteiger partial charge in [-0.25, -0.2) is 19.4 Å². The predicted octanol–water partition coefficient (Wildman–Crippen LogP) is 5.43. The van der Waals surface area contributed by atoms with Gasteiger partial charge in [0, 0.05) is 23.3 Å². The largest absolute Gasteiger partial charge is 0.423 e. The van der Waals surface area contributed by atoms with Crippen LogP contribution < -0.4 is 19.3 Å². The molecule has 0 N–H and O–H groups in total. The number of amides is 4. The summed E-state index contributed by atoms with van der Waals surface area (Å²) in [6.45, 7) is 3.14. The summed E-state index contributed by atoms with van der Waals surface area (Å²) in [7, 11) is 0. The van der Waals surface area contributed by atoms with E-state index < -0.39 is 35.6 Å². The lowest BCUT2D eigenvalue weighted by molar-refractivity contribution is -0.121. The van der Waals surface area contributed by atoms with Gasteiger partial charge in [-0.2, -0.15) is 0 Å². The van der Waals surface area contributed by atoms with E-state index in [1.807, 2.05) is 0 Å². The summed E-state index contributed by atoms with van der Waals surface area (Å²) in [6.07, 6.45) is 2.54. The third-order valence-corrected chi connectivity index (χ3v) is 7.39. The van der Waals surface area contributed by atoms with Crippen LogP contribution in [-0.2, 0) is 19.2 Å². The molecule has 0 spiro atoms. The molecule has 10 nitrogen and oxygen atoms in total. The van der Waals surface area contributed by atoms with Gasteiger partial charge in [-0.3, -0.25) is 19.2 Å². The molecule has 2 aliphatic rings. The van der Waals surface area contributed by atoms with Crippen LogP contribution in [-0.4, -0.2) is 35.6 Å². The Balaban J connectivity index is 1.04. The Morgan fingerprint density at radius 3 is 1.09 bits per heavy atom. The number of carbonyl (C=O) groups is 6. The first-order chi connectivity index (χ1) is 22.1. The maximum absolute atomic E-state index is 12.7. The van der Waals surface area contributed by atoms with E-state index in [9.17, 15) is 28.8 Å². The first-order valence-electron chi connectivity index (χ1n) is 14.1. The van der Waals surface area contributed by atoms with Crippen molar-refractivity contribution in [1.29, 1.82) is 0 Å². The summed E-state index contributed by atoms with van der Waals surface area (Å²) in [5, 5.41) is 0. The molecule has 0 atom stereocenters. The van der Waals surface area contributed by atoms with Crippen molar-refractivity contribution in [2.75, 3.05) is 9.80 Å². The first-order valence-corrected chi connectivity index (χ1v) is 14.1. The molecule has 0 radical (unpaired) electrons. The quantitative estimate of drug-likeness (QED) is 0.154. The van der Waals surface area contributed by atoms with Crippen molar-refractivity contribution in [3.63, 3.8) is 0 Å². The van der Waals surface area contributed by atoms with Crippen LogP contribution in [0.2, 0.25) is 0 Å². The molecule has 4 aromatic rings. The van der Waals surface area contributed by atoms with Crippen molar-refractivity contribution in [3.05, 3.63) is 131 Å². The highest BCUT2D eigenvalue weighted by atomic mass is 16.5. The highest BCUT2D eigenvalue weighted by molar-refractivity contribution is 6.31. The van der Waals surface area contributed by atoms with Crippen molar-refractivity contribution < 1.29 is 38.2 Å². The number of rotatable bonds is 7. The molecule has 0 saturated carbocycles. The van der Waals surface area contributed by atoms with E-state index in [-0.39, 0.29) is 11.1 Å². The fraction of sp³-hybridized carbons (Fsp3) is 0.0556. The summed E-state index contributed by atoms with van der Waals surface area (Å²) in [6, 6.07) is 25.7. The van der Waals surface area contributed by atoms with Gasteiger partial charge in [0.2, 0.25) is 0 Å². The fourth-order valence-corrected chi connectivity index (χ4v) is 4.92. The third-order valence-electron chi connectivity index (χ3n) is 7.39. The molecule has 10 heteroatoms. The monoisotopic (exact) mass is 612 g/mol. The fourth-order valence-electron chi connectivity index (χ4n) is 4.92. The highest BCUT2D eigenvalue weighted by Crippen LogP contribution is 2.27. The molecule has 226 valence electrons. The number of hydrogen-bond donors (Lipinski definition) is 0. The normalized spacial score (nSPS) is 14.4. The number of carbonyl (C=O) groups excluding carboxylic acids is 6. The van der Waals surface area contributed by atoms with Crippen LogP contribution in [0.15, 0.2) is 120 Å². The zero-order chi connectivity index (χ0) is 32.5. The van der Waals surface area contributed by atoms with E-state index in [0.29, 0.717) is 34.0 Å². The average Bonchev–Trinajstić information content (AvgIpc) is 3.47. The van der Waals surface area contributed by atoms with Gasteiger partial charge < -0.3 is 9.47 Å². The van der Waals surface area contributed by atoms with E-state index in [1.54, 1.807) is 62.4 Å². The molecule has 2 heterocycles. The van der Waals surface area contributed by atoms with E-state index >= 15 is 0 Å². The Labute approximate surface area is 262 Å². The van der Waals surface area contributed by atoms with Crippen molar-refractivity contribution in [2.24, 2.45) is 0 Å². The van der Waals surface area contributed by atoms with Crippen molar-refractivity contribution in [2.45, 2.75) is 13.8 Å². The standard InChI is InChI=1S/C36H24N2O8/c1-21-19-31(39)37(33(21)41)27-11-3-25(4-12-27)35(43)45-29-15-7-23(8-16-29)24-9-17-30(18-10-24)46-36(44)26-5-13-28(14-6-26)38-32(40)20-22(2)34(38)42/h3-20H,1-2H3. The molecule has 0 unspecified atom stereocenters. The van der Waals surface area contributed by atoms with Gasteiger partial charge in [-0.15, -0.1) is 0 Å². The van der Waals surface area contributed by atoms with Crippen molar-refractivity contribution >= 4 is 46.9 Å². The van der Waals surface area contributed by atoms with Gasteiger partial charge in [0.1, 0.15) is 11.5 Å². The Bertz CT molecular complexity index is 1840. The van der Waals surface area contributed by atoms with E-state index in [4.69, 9.17) is 9.47 Å². The minimum absolute atomic E-state index is 0.252. The predicted molar refractivity (Wildman–Crippen MR) is 167 cm³/mol. The lowest BCUT2D eigenvalue weighted by Crippen LogP contribution is -2.30. The lowest BCUT2D eigenvalue weighted by Gasteiger charge is -2.14. The second-order valence-electron chi connectivity index (χ2n) is 10.5. The van der Waals surface area contributed by atoms with Crippen LogP contribution in [0, 0.1) is 0 Å². The van der Waals surface area contributed by atoms with Gasteiger partial charge in [0.05, 0.1) is 22.5 Å². The number of imide groups is 2. The van der Waals surface area contributed by atoms with Crippen molar-refractivity contribution in [3.8, 4) is 22.6 Å². The lowest BCUT2D eigenvalue weighted by atomic mass is 10.1. The number of anilines is 2. The highest BCUT2D eigenvalue weighted by Gasteiger charge is 2.31. The molecule has 0 aromatic heterocycles. The molecule has 6 rings (SSSR count). The molecule has 0 saturated heterocycles. The first kappa shape index (κ1) is 29.6. The Kier molecular flexibility index (Phi) is 7.69. The van der Waals surface area contributed by atoms with Crippen LogP contribution in [0.3, 0.4) is 0 Å². The van der Waals surface area contributed by atoms with Crippen LogP contribution in [0.5, 0.6) is 11.5 Å². The molecule has 0 bridgehead atoms. The van der Waals surface area contributed by atoms with E-state index in [0.717, 1.165) is 20.9 Å². The third kappa shape index (κ3) is 5.74. The Hall–Kier alpha value is -6.42. The number of benzene rings is 4. The van der Waals surface area contributed by atoms with Gasteiger partial charge in [-0.05, 0) is 97.8 Å². The summed E-state index contributed by atoms with van der Waals surface area (Å²) in [4.78, 5) is 75.9. The summed E-state index contributed by atoms with van der Waals surface area (Å²) >= 11 is 0. The molecular formula is C36H24N2O8. The van der Waals surface area contributed by atoms with Gasteiger partial charge in [0.25, 0.3) is 23.6 Å². The topological polar surface area (TPSA) is 127 Å². The SMILES string of the molecule is CC1=CC(=O)N(c2ccc(C(=O)Oc3ccc(-c4ccc(OC(=O)c5ccc(N6C(=O)C=C(C)C6=O)cc5)cc4)cc3)cc2)C1=O. The van der Waals surface area contributed by atoms with Gasteiger partial charge >= 0.3 is 11.9 Å². The summed E-state index contributed by atoms with van der Waals surface area (Å²) < 4.78 is 11.0. The Morgan fingerprint density at radius 1 is 0.478 bits per heavy atom. The molecule has 4 amide bonds. The van der Waals surface area contributed by atoms with Crippen molar-refractivity contribution in [1.82, 2.24) is 0 Å². The maximum Gasteiger partial charge on any atom is 0.343 e. The Morgan fingerprint density at radius 2 is 0.804 bits per heavy atom. The van der Waals surface area contributed by atoms with Crippen LogP contribution in [0.4, 0.5) is 11.4 Å². The van der Waals surface area contributed by atoms with Gasteiger partial charge in [0.15, 0.2) is 0 Å². The number of nitrogens with zero attached hydrogens (tertiary/aromatic N) is 2. The molecular weight excluding hydrogens is 588 g/mol. The maximum atomic E-state index is 12.7. The zero-order valence-electron chi connectivity index (χ0n) is 24.6. The summed E-state index contributed by atoms with van der Waals surface area (Å²) in [5.41, 5.74) is 3.59. The molecule has 0 aliphatic carbocycles. The minimum Gasteiger partial charge on any atom is -0.423 e. The number of esters is 2. The minimum atomic E-state index is -0.599. The smallest absolute Gasteiger partial charge is 0.343 e. The average molecular weight is 613 g/mol. The van der Waals surface area contributed by atoms with Gasteiger partial charge in [-0.1, -0.05) is 24.3 Å². The van der Waals surface area contributed by atoms with E-state index in [2.05, 4.69) is 0 Å². The molecule has 0 fully saturated rings. The molecule has 2 aliphatic heterocycles. The van der Waals surface area contributed by atoms with E-state index in [1.165, 1.54) is 60.7 Å². The summed E-state index contributed by atoms with van der Waals surface area (Å²) in [5.74, 6) is -2.21.